The van der Waals surface area contributed by atoms with Gasteiger partial charge in [0.1, 0.15) is 11.6 Å². The molecule has 0 amide bonds. The van der Waals surface area contributed by atoms with E-state index in [4.69, 9.17) is 15.1 Å². The predicted molar refractivity (Wildman–Crippen MR) is 100 cm³/mol. The molecule has 0 bridgehead atoms. The number of nitrogens with zero attached hydrogens (tertiary/aromatic N) is 4. The van der Waals surface area contributed by atoms with Crippen LogP contribution >= 0.6 is 0 Å². The summed E-state index contributed by atoms with van der Waals surface area (Å²) in [6, 6.07) is 6.22. The molecule has 3 N–H and O–H groups in total. The van der Waals surface area contributed by atoms with Crippen molar-refractivity contribution in [2.75, 3.05) is 30.0 Å². The average molecular weight is 353 g/mol. The summed E-state index contributed by atoms with van der Waals surface area (Å²) < 4.78 is 5.52. The van der Waals surface area contributed by atoms with Gasteiger partial charge in [0.2, 0.25) is 0 Å². The fourth-order valence-electron chi connectivity index (χ4n) is 3.03. The van der Waals surface area contributed by atoms with E-state index < -0.39 is 5.41 Å². The molecule has 0 saturated carbocycles. The number of rotatable bonds is 5. The number of hydrogen-bond donors (Lipinski definition) is 3. The Morgan fingerprint density at radius 3 is 2.96 bits per heavy atom. The first-order valence-electron chi connectivity index (χ1n) is 8.54. The molecule has 1 atom stereocenters. The van der Waals surface area contributed by atoms with Crippen LogP contribution in [0.1, 0.15) is 31.9 Å². The highest BCUT2D eigenvalue weighted by atomic mass is 16.5. The summed E-state index contributed by atoms with van der Waals surface area (Å²) in [5.74, 6) is 1.89. The number of pyridine rings is 1. The lowest BCUT2D eigenvalue weighted by Crippen LogP contribution is -2.44. The van der Waals surface area contributed by atoms with E-state index in [2.05, 4.69) is 33.4 Å². The highest BCUT2D eigenvalue weighted by molar-refractivity contribution is 5.89. The van der Waals surface area contributed by atoms with Crippen LogP contribution in [0.3, 0.4) is 0 Å². The second-order valence-corrected chi connectivity index (χ2v) is 6.87. The van der Waals surface area contributed by atoms with Gasteiger partial charge in [-0.1, -0.05) is 0 Å². The molecule has 0 aliphatic carbocycles. The Morgan fingerprint density at radius 1 is 1.54 bits per heavy atom. The molecule has 8 heteroatoms. The van der Waals surface area contributed by atoms with E-state index in [9.17, 15) is 5.26 Å². The van der Waals surface area contributed by atoms with Gasteiger partial charge < -0.3 is 20.4 Å². The SMILES string of the molecule is C[C@@H]1COCCN1c1cc(C(C)(C)C#N)c(C=N)c(Nc2cc[nH]n2)n1. The van der Waals surface area contributed by atoms with Crippen molar-refractivity contribution in [3.05, 3.63) is 29.5 Å². The van der Waals surface area contributed by atoms with Crippen LogP contribution < -0.4 is 10.2 Å². The van der Waals surface area contributed by atoms with Gasteiger partial charge >= 0.3 is 0 Å². The first kappa shape index (κ1) is 17.9. The number of hydrogen-bond acceptors (Lipinski definition) is 7. The Morgan fingerprint density at radius 2 is 2.35 bits per heavy atom. The molecule has 3 rings (SSSR count). The zero-order valence-corrected chi connectivity index (χ0v) is 15.2. The normalized spacial score (nSPS) is 17.6. The molecule has 0 aromatic carbocycles. The van der Waals surface area contributed by atoms with Crippen molar-refractivity contribution in [1.82, 2.24) is 15.2 Å². The van der Waals surface area contributed by atoms with Crippen LogP contribution in [0.25, 0.3) is 0 Å². The van der Waals surface area contributed by atoms with Crippen LogP contribution in [0.4, 0.5) is 17.5 Å². The van der Waals surface area contributed by atoms with Gasteiger partial charge in [0.15, 0.2) is 5.82 Å². The van der Waals surface area contributed by atoms with E-state index in [-0.39, 0.29) is 6.04 Å². The monoisotopic (exact) mass is 353 g/mol. The first-order valence-corrected chi connectivity index (χ1v) is 8.54. The average Bonchev–Trinajstić information content (AvgIpc) is 3.14. The number of nitriles is 1. The summed E-state index contributed by atoms with van der Waals surface area (Å²) in [7, 11) is 0. The molecule has 1 fully saturated rings. The van der Waals surface area contributed by atoms with Crippen molar-refractivity contribution in [3.63, 3.8) is 0 Å². The number of ether oxygens (including phenoxy) is 1. The first-order chi connectivity index (χ1) is 12.5. The van der Waals surface area contributed by atoms with Crippen molar-refractivity contribution in [2.24, 2.45) is 0 Å². The van der Waals surface area contributed by atoms with Crippen LogP contribution in [0, 0.1) is 16.7 Å². The fraction of sp³-hybridized carbons (Fsp3) is 0.444. The topological polar surface area (TPSA) is 114 Å². The maximum Gasteiger partial charge on any atom is 0.153 e. The van der Waals surface area contributed by atoms with E-state index in [1.165, 1.54) is 6.21 Å². The molecule has 1 aliphatic heterocycles. The van der Waals surface area contributed by atoms with Gasteiger partial charge in [0, 0.05) is 30.6 Å². The smallest absolute Gasteiger partial charge is 0.153 e. The zero-order valence-electron chi connectivity index (χ0n) is 15.2. The van der Waals surface area contributed by atoms with Crippen LogP contribution in [0.15, 0.2) is 18.3 Å². The lowest BCUT2D eigenvalue weighted by molar-refractivity contribution is 0.0985. The quantitative estimate of drug-likeness (QED) is 0.712. The molecule has 8 nitrogen and oxygen atoms in total. The minimum Gasteiger partial charge on any atom is -0.377 e. The molecule has 1 aliphatic rings. The van der Waals surface area contributed by atoms with Gasteiger partial charge in [0.25, 0.3) is 0 Å². The van der Waals surface area contributed by atoms with E-state index >= 15 is 0 Å². The van der Waals surface area contributed by atoms with E-state index in [1.807, 2.05) is 19.9 Å². The molecule has 2 aromatic rings. The third-order valence-corrected chi connectivity index (χ3v) is 4.55. The molecule has 0 unspecified atom stereocenters. The maximum absolute atomic E-state index is 9.65. The van der Waals surface area contributed by atoms with Gasteiger partial charge in [-0.25, -0.2) is 4.98 Å². The molecule has 136 valence electrons. The van der Waals surface area contributed by atoms with Gasteiger partial charge in [-0.2, -0.15) is 10.4 Å². The van der Waals surface area contributed by atoms with Crippen molar-refractivity contribution in [2.45, 2.75) is 32.2 Å². The van der Waals surface area contributed by atoms with E-state index in [0.29, 0.717) is 30.4 Å². The van der Waals surface area contributed by atoms with Crippen molar-refractivity contribution in [3.8, 4) is 6.07 Å². The van der Waals surface area contributed by atoms with Gasteiger partial charge in [-0.15, -0.1) is 0 Å². The highest BCUT2D eigenvalue weighted by Crippen LogP contribution is 2.33. The van der Waals surface area contributed by atoms with Crippen molar-refractivity contribution < 1.29 is 4.74 Å². The van der Waals surface area contributed by atoms with Crippen molar-refractivity contribution >= 4 is 23.7 Å². The second kappa shape index (κ2) is 7.14. The number of aromatic nitrogens is 3. The Balaban J connectivity index is 2.14. The van der Waals surface area contributed by atoms with E-state index in [1.54, 1.807) is 12.3 Å². The summed E-state index contributed by atoms with van der Waals surface area (Å²) in [6.07, 6.45) is 2.95. The van der Waals surface area contributed by atoms with Crippen molar-refractivity contribution in [1.29, 1.82) is 10.7 Å². The highest BCUT2D eigenvalue weighted by Gasteiger charge is 2.29. The molecule has 1 saturated heterocycles. The summed E-state index contributed by atoms with van der Waals surface area (Å²) in [5.41, 5.74) is 0.586. The lowest BCUT2D eigenvalue weighted by atomic mass is 9.83. The van der Waals surface area contributed by atoms with E-state index in [0.717, 1.165) is 17.9 Å². The van der Waals surface area contributed by atoms with Crippen LogP contribution in [0.2, 0.25) is 0 Å². The van der Waals surface area contributed by atoms with Crippen LogP contribution in [0.5, 0.6) is 0 Å². The fourth-order valence-corrected chi connectivity index (χ4v) is 3.03. The summed E-state index contributed by atoms with van der Waals surface area (Å²) >= 11 is 0. The molecule has 2 aromatic heterocycles. The standard InChI is InChI=1S/C18H23N7O/c1-12-10-26-7-6-25(12)16-8-14(18(2,3)11-20)13(9-19)17(23-16)22-15-4-5-21-24-15/h4-5,8-9,12,19H,6-7,10H2,1-3H3,(H2,21,22,23,24)/t12-/m1/s1. The summed E-state index contributed by atoms with van der Waals surface area (Å²) in [6.45, 7) is 7.78. The largest absolute Gasteiger partial charge is 0.377 e. The minimum atomic E-state index is -0.762. The molecule has 0 radical (unpaired) electrons. The molecule has 26 heavy (non-hydrogen) atoms. The molecule has 0 spiro atoms. The summed E-state index contributed by atoms with van der Waals surface area (Å²) in [5, 5.41) is 27.6. The molecular weight excluding hydrogens is 330 g/mol. The number of morpholine rings is 1. The van der Waals surface area contributed by atoms with Crippen LogP contribution in [-0.4, -0.2) is 47.2 Å². The van der Waals surface area contributed by atoms with Gasteiger partial charge in [-0.3, -0.25) is 5.10 Å². The summed E-state index contributed by atoms with van der Waals surface area (Å²) in [4.78, 5) is 6.92. The lowest BCUT2D eigenvalue weighted by Gasteiger charge is -2.35. The number of anilines is 3. The Bertz CT molecular complexity index is 823. The zero-order chi connectivity index (χ0) is 18.7. The van der Waals surface area contributed by atoms with Crippen LogP contribution in [-0.2, 0) is 10.2 Å². The number of H-pyrrole nitrogens is 1. The minimum absolute atomic E-state index is 0.179. The number of nitrogens with one attached hydrogen (secondary N) is 3. The third-order valence-electron chi connectivity index (χ3n) is 4.55. The van der Waals surface area contributed by atoms with Gasteiger partial charge in [0.05, 0.1) is 30.7 Å². The Hall–Kier alpha value is -2.92. The second-order valence-electron chi connectivity index (χ2n) is 6.87. The van der Waals surface area contributed by atoms with Gasteiger partial charge in [-0.05, 0) is 32.4 Å². The maximum atomic E-state index is 9.65. The number of aromatic amines is 1. The Labute approximate surface area is 152 Å². The third kappa shape index (κ3) is 3.39. The predicted octanol–water partition coefficient (Wildman–Crippen LogP) is 2.57. The Kier molecular flexibility index (Phi) is 4.91. The molecule has 3 heterocycles. The molecular formula is C18H23N7O.